The summed E-state index contributed by atoms with van der Waals surface area (Å²) in [5.41, 5.74) is 1.91. The predicted octanol–water partition coefficient (Wildman–Crippen LogP) is 3.55. The minimum absolute atomic E-state index is 0.0880. The molecule has 0 spiro atoms. The van der Waals surface area contributed by atoms with Crippen LogP contribution in [0.5, 0.6) is 0 Å². The van der Waals surface area contributed by atoms with E-state index in [-0.39, 0.29) is 11.7 Å². The topological polar surface area (TPSA) is 72.7 Å². The number of carbonyl (C=O) groups excluding carboxylic acids is 1. The molecule has 25 heavy (non-hydrogen) atoms. The predicted molar refractivity (Wildman–Crippen MR) is 99.9 cm³/mol. The summed E-state index contributed by atoms with van der Waals surface area (Å²) in [6.07, 6.45) is 2.37. The maximum absolute atomic E-state index is 12.2. The average Bonchev–Trinajstić information content (AvgIpc) is 3.25. The number of hydrogen-bond donors (Lipinski definition) is 1. The number of thiazole rings is 1. The molecular weight excluding hydrogens is 354 g/mol. The molecular formula is C17H17N5OS2. The fraction of sp³-hybridized carbons (Fsp3) is 0.294. The van der Waals surface area contributed by atoms with Crippen molar-refractivity contribution in [2.75, 3.05) is 11.1 Å². The standard InChI is InChI=1S/C17H17N5OS2/c1-22-15(12-7-8-12)20-21-17(22)25-10-14(23)19-16-18-13(9-24-16)11-5-3-2-4-6-11/h2-6,9,12H,7-8,10H2,1H3,(H,18,19,23). The van der Waals surface area contributed by atoms with Crippen LogP contribution in [0.25, 0.3) is 11.3 Å². The summed E-state index contributed by atoms with van der Waals surface area (Å²) < 4.78 is 1.99. The number of amides is 1. The van der Waals surface area contributed by atoms with Gasteiger partial charge in [-0.25, -0.2) is 4.98 Å². The lowest BCUT2D eigenvalue weighted by Crippen LogP contribution is -2.14. The van der Waals surface area contributed by atoms with E-state index in [1.54, 1.807) is 0 Å². The van der Waals surface area contributed by atoms with E-state index in [4.69, 9.17) is 0 Å². The Bertz CT molecular complexity index is 886. The second-order valence-electron chi connectivity index (χ2n) is 5.91. The number of hydrogen-bond acceptors (Lipinski definition) is 6. The van der Waals surface area contributed by atoms with Crippen LogP contribution >= 0.6 is 23.1 Å². The summed E-state index contributed by atoms with van der Waals surface area (Å²) in [4.78, 5) is 16.6. The number of thioether (sulfide) groups is 1. The third-order valence-electron chi connectivity index (χ3n) is 3.96. The fourth-order valence-corrected chi connectivity index (χ4v) is 3.96. The highest BCUT2D eigenvalue weighted by molar-refractivity contribution is 7.99. The molecule has 6 nitrogen and oxygen atoms in total. The first-order valence-corrected chi connectivity index (χ1v) is 9.90. The molecule has 3 aromatic rings. The third kappa shape index (κ3) is 3.74. The Labute approximate surface area is 153 Å². The lowest BCUT2D eigenvalue weighted by atomic mass is 10.2. The van der Waals surface area contributed by atoms with Gasteiger partial charge in [0.25, 0.3) is 0 Å². The van der Waals surface area contributed by atoms with Gasteiger partial charge >= 0.3 is 0 Å². The van der Waals surface area contributed by atoms with Crippen molar-refractivity contribution >= 4 is 34.1 Å². The Morgan fingerprint density at radius 3 is 2.88 bits per heavy atom. The van der Waals surface area contributed by atoms with E-state index in [1.165, 1.54) is 35.9 Å². The number of carbonyl (C=O) groups is 1. The molecule has 8 heteroatoms. The van der Waals surface area contributed by atoms with E-state index < -0.39 is 0 Å². The monoisotopic (exact) mass is 371 g/mol. The minimum atomic E-state index is -0.0880. The van der Waals surface area contributed by atoms with Crippen molar-refractivity contribution in [2.24, 2.45) is 7.05 Å². The van der Waals surface area contributed by atoms with E-state index in [9.17, 15) is 4.79 Å². The molecule has 1 N–H and O–H groups in total. The number of benzene rings is 1. The quantitative estimate of drug-likeness (QED) is 0.671. The maximum atomic E-state index is 12.2. The van der Waals surface area contributed by atoms with Crippen molar-refractivity contribution in [3.8, 4) is 11.3 Å². The highest BCUT2D eigenvalue weighted by Gasteiger charge is 2.29. The first-order valence-electron chi connectivity index (χ1n) is 8.03. The van der Waals surface area contributed by atoms with Crippen LogP contribution in [-0.4, -0.2) is 31.4 Å². The van der Waals surface area contributed by atoms with Gasteiger partial charge in [-0.1, -0.05) is 42.1 Å². The molecule has 2 heterocycles. The van der Waals surface area contributed by atoms with Crippen molar-refractivity contribution in [3.05, 3.63) is 41.5 Å². The van der Waals surface area contributed by atoms with E-state index in [0.717, 1.165) is 22.2 Å². The Balaban J connectivity index is 1.34. The first-order chi connectivity index (χ1) is 12.2. The highest BCUT2D eigenvalue weighted by atomic mass is 32.2. The number of nitrogens with one attached hydrogen (secondary N) is 1. The number of anilines is 1. The van der Waals surface area contributed by atoms with Crippen LogP contribution in [0.3, 0.4) is 0 Å². The molecule has 1 saturated carbocycles. The molecule has 128 valence electrons. The molecule has 0 saturated heterocycles. The zero-order chi connectivity index (χ0) is 17.2. The lowest BCUT2D eigenvalue weighted by molar-refractivity contribution is -0.113. The Hall–Kier alpha value is -2.19. The van der Waals surface area contributed by atoms with E-state index in [2.05, 4.69) is 20.5 Å². The molecule has 0 atom stereocenters. The SMILES string of the molecule is Cn1c(SCC(=O)Nc2nc(-c3ccccc3)cs2)nnc1C1CC1. The third-order valence-corrected chi connectivity index (χ3v) is 5.74. The Morgan fingerprint density at radius 2 is 2.12 bits per heavy atom. The summed E-state index contributed by atoms with van der Waals surface area (Å²) in [6.45, 7) is 0. The van der Waals surface area contributed by atoms with Gasteiger partial charge in [-0.15, -0.1) is 21.5 Å². The van der Waals surface area contributed by atoms with Crippen LogP contribution in [0.4, 0.5) is 5.13 Å². The molecule has 0 bridgehead atoms. The fourth-order valence-electron chi connectivity index (χ4n) is 2.51. The highest BCUT2D eigenvalue weighted by Crippen LogP contribution is 2.39. The van der Waals surface area contributed by atoms with Gasteiger partial charge in [0.15, 0.2) is 10.3 Å². The molecule has 4 rings (SSSR count). The van der Waals surface area contributed by atoms with Crippen LogP contribution in [0.15, 0.2) is 40.9 Å². The number of rotatable bonds is 6. The minimum Gasteiger partial charge on any atom is -0.309 e. The number of nitrogens with zero attached hydrogens (tertiary/aromatic N) is 4. The van der Waals surface area contributed by atoms with Gasteiger partial charge < -0.3 is 9.88 Å². The zero-order valence-corrected chi connectivity index (χ0v) is 15.3. The molecule has 2 aromatic heterocycles. The summed E-state index contributed by atoms with van der Waals surface area (Å²) in [7, 11) is 1.96. The zero-order valence-electron chi connectivity index (χ0n) is 13.7. The van der Waals surface area contributed by atoms with Crippen LogP contribution in [0, 0.1) is 0 Å². The smallest absolute Gasteiger partial charge is 0.236 e. The van der Waals surface area contributed by atoms with Gasteiger partial charge in [-0.2, -0.15) is 0 Å². The van der Waals surface area contributed by atoms with Gasteiger partial charge in [0.05, 0.1) is 11.4 Å². The average molecular weight is 371 g/mol. The summed E-state index contributed by atoms with van der Waals surface area (Å²) in [5, 5.41) is 14.6. The normalized spacial score (nSPS) is 13.8. The van der Waals surface area contributed by atoms with Crippen molar-refractivity contribution < 1.29 is 4.79 Å². The van der Waals surface area contributed by atoms with Crippen LogP contribution in [0.2, 0.25) is 0 Å². The van der Waals surface area contributed by atoms with Gasteiger partial charge in [0.1, 0.15) is 5.82 Å². The van der Waals surface area contributed by atoms with Gasteiger partial charge in [0.2, 0.25) is 5.91 Å². The Morgan fingerprint density at radius 1 is 1.32 bits per heavy atom. The molecule has 1 aromatic carbocycles. The van der Waals surface area contributed by atoms with Crippen LogP contribution in [0.1, 0.15) is 24.6 Å². The molecule has 1 amide bonds. The maximum Gasteiger partial charge on any atom is 0.236 e. The van der Waals surface area contributed by atoms with Gasteiger partial charge in [0, 0.05) is 23.9 Å². The number of aromatic nitrogens is 4. The molecule has 1 aliphatic rings. The van der Waals surface area contributed by atoms with Crippen LogP contribution < -0.4 is 5.32 Å². The van der Waals surface area contributed by atoms with E-state index in [1.807, 2.05) is 47.3 Å². The van der Waals surface area contributed by atoms with Gasteiger partial charge in [-0.05, 0) is 12.8 Å². The molecule has 0 unspecified atom stereocenters. The van der Waals surface area contributed by atoms with Crippen molar-refractivity contribution in [2.45, 2.75) is 23.9 Å². The summed E-state index contributed by atoms with van der Waals surface area (Å²) in [5.74, 6) is 1.77. The molecule has 0 radical (unpaired) electrons. The van der Waals surface area contributed by atoms with Crippen LogP contribution in [-0.2, 0) is 11.8 Å². The van der Waals surface area contributed by atoms with E-state index >= 15 is 0 Å². The van der Waals surface area contributed by atoms with Crippen molar-refractivity contribution in [1.82, 2.24) is 19.7 Å². The second kappa shape index (κ2) is 6.97. The largest absolute Gasteiger partial charge is 0.309 e. The van der Waals surface area contributed by atoms with Crippen molar-refractivity contribution in [3.63, 3.8) is 0 Å². The molecule has 0 aliphatic heterocycles. The van der Waals surface area contributed by atoms with Gasteiger partial charge in [-0.3, -0.25) is 4.79 Å². The molecule has 1 aliphatic carbocycles. The van der Waals surface area contributed by atoms with E-state index in [0.29, 0.717) is 11.0 Å². The summed E-state index contributed by atoms with van der Waals surface area (Å²) >= 11 is 2.83. The molecule has 1 fully saturated rings. The Kier molecular flexibility index (Phi) is 4.54. The first kappa shape index (κ1) is 16.3. The second-order valence-corrected chi connectivity index (χ2v) is 7.72. The summed E-state index contributed by atoms with van der Waals surface area (Å²) in [6, 6.07) is 9.92. The lowest BCUT2D eigenvalue weighted by Gasteiger charge is -2.03. The van der Waals surface area contributed by atoms with Crippen molar-refractivity contribution in [1.29, 1.82) is 0 Å².